The highest BCUT2D eigenvalue weighted by Crippen LogP contribution is 2.42. The normalized spacial score (nSPS) is 18.1. The third-order valence-electron chi connectivity index (χ3n) is 3.88. The van der Waals surface area contributed by atoms with Gasteiger partial charge in [0.1, 0.15) is 0 Å². The zero-order valence-electron chi connectivity index (χ0n) is 9.48. The number of hydrogen-bond acceptors (Lipinski definition) is 1. The topological polar surface area (TPSA) is 26.0 Å². The van der Waals surface area contributed by atoms with Gasteiger partial charge in [-0.2, -0.15) is 0 Å². The van der Waals surface area contributed by atoms with Crippen LogP contribution in [0.4, 0.5) is 0 Å². The van der Waals surface area contributed by atoms with Crippen LogP contribution in [0.5, 0.6) is 0 Å². The average molecular weight is 219 g/mol. The van der Waals surface area contributed by atoms with Crippen LogP contribution in [0.2, 0.25) is 0 Å². The number of nitrogens with two attached hydrogens (primary N) is 1. The number of rotatable bonds is 0. The second-order valence-corrected chi connectivity index (χ2v) is 4.79. The van der Waals surface area contributed by atoms with E-state index in [0.717, 1.165) is 6.42 Å². The van der Waals surface area contributed by atoms with Crippen molar-refractivity contribution in [2.24, 2.45) is 5.73 Å². The van der Waals surface area contributed by atoms with Crippen LogP contribution >= 0.6 is 0 Å². The first-order valence-electron chi connectivity index (χ1n) is 6.04. The van der Waals surface area contributed by atoms with Crippen LogP contribution < -0.4 is 5.73 Å². The van der Waals surface area contributed by atoms with Crippen LogP contribution in [0.3, 0.4) is 0 Å². The molecule has 0 heterocycles. The van der Waals surface area contributed by atoms with E-state index in [1.807, 2.05) is 0 Å². The maximum Gasteiger partial charge on any atom is 0.0348 e. The molecule has 0 saturated carbocycles. The van der Waals surface area contributed by atoms with Crippen molar-refractivity contribution in [3.05, 3.63) is 59.7 Å². The monoisotopic (exact) mass is 219 g/mol. The number of fused-ring (bicyclic) bond motifs is 1. The summed E-state index contributed by atoms with van der Waals surface area (Å²) in [6.07, 6.45) is 0.976. The fourth-order valence-corrected chi connectivity index (χ4v) is 3.19. The molecule has 0 saturated heterocycles. The SMILES string of the molecule is NC1Cc2c3ccccc3c1c1ccccc21. The summed E-state index contributed by atoms with van der Waals surface area (Å²) in [5.74, 6) is 0. The lowest BCUT2D eigenvalue weighted by Gasteiger charge is -2.27. The minimum atomic E-state index is 0.162. The molecule has 2 bridgehead atoms. The first kappa shape index (κ1) is 9.20. The van der Waals surface area contributed by atoms with Crippen molar-refractivity contribution in [1.82, 2.24) is 0 Å². The summed E-state index contributed by atoms with van der Waals surface area (Å²) >= 11 is 0. The van der Waals surface area contributed by atoms with Gasteiger partial charge < -0.3 is 5.73 Å². The number of hydrogen-bond donors (Lipinski definition) is 1. The lowest BCUT2D eigenvalue weighted by molar-refractivity contribution is 0.728. The van der Waals surface area contributed by atoms with E-state index in [2.05, 4.69) is 48.5 Å². The summed E-state index contributed by atoms with van der Waals surface area (Å²) < 4.78 is 0. The Morgan fingerprint density at radius 3 is 1.76 bits per heavy atom. The third-order valence-corrected chi connectivity index (χ3v) is 3.88. The molecule has 17 heavy (non-hydrogen) atoms. The highest BCUT2D eigenvalue weighted by Gasteiger charge is 2.24. The van der Waals surface area contributed by atoms with Gasteiger partial charge in [0.2, 0.25) is 0 Å². The molecule has 2 aliphatic rings. The smallest absolute Gasteiger partial charge is 0.0348 e. The summed E-state index contributed by atoms with van der Waals surface area (Å²) in [5.41, 5.74) is 9.03. The van der Waals surface area contributed by atoms with E-state index in [1.54, 1.807) is 0 Å². The second-order valence-electron chi connectivity index (χ2n) is 4.79. The summed E-state index contributed by atoms with van der Waals surface area (Å²) in [4.78, 5) is 0. The molecule has 1 heteroatoms. The van der Waals surface area contributed by atoms with Gasteiger partial charge >= 0.3 is 0 Å². The van der Waals surface area contributed by atoms with E-state index in [1.165, 1.54) is 32.7 Å². The van der Waals surface area contributed by atoms with Crippen LogP contribution in [0.1, 0.15) is 17.2 Å². The van der Waals surface area contributed by atoms with Crippen molar-refractivity contribution in [3.63, 3.8) is 0 Å². The molecule has 3 aromatic carbocycles. The Labute approximate surface area is 99.9 Å². The summed E-state index contributed by atoms with van der Waals surface area (Å²) in [5, 5.41) is 5.42. The van der Waals surface area contributed by atoms with E-state index >= 15 is 0 Å². The van der Waals surface area contributed by atoms with Gasteiger partial charge in [-0.3, -0.25) is 0 Å². The van der Waals surface area contributed by atoms with Gasteiger partial charge in [0.25, 0.3) is 0 Å². The molecule has 0 spiro atoms. The van der Waals surface area contributed by atoms with Crippen LogP contribution in [0.25, 0.3) is 21.5 Å². The standard InChI is InChI=1S/C16H13N/c17-15-9-14-10-5-1-3-7-12(10)16(15)13-8-4-2-6-11(13)14/h1-8,15H,9,17H2. The molecular formula is C16H13N. The molecule has 0 radical (unpaired) electrons. The average Bonchev–Trinajstić information content (AvgIpc) is 2.39. The molecule has 5 rings (SSSR count). The van der Waals surface area contributed by atoms with Crippen molar-refractivity contribution in [3.8, 4) is 0 Å². The highest BCUT2D eigenvalue weighted by molar-refractivity contribution is 6.08. The van der Waals surface area contributed by atoms with Crippen molar-refractivity contribution in [2.45, 2.75) is 12.5 Å². The van der Waals surface area contributed by atoms with Crippen LogP contribution in [0.15, 0.2) is 48.5 Å². The number of benzene rings is 3. The first-order chi connectivity index (χ1) is 8.36. The van der Waals surface area contributed by atoms with Crippen molar-refractivity contribution < 1.29 is 0 Å². The van der Waals surface area contributed by atoms with Gasteiger partial charge in [0, 0.05) is 6.04 Å². The fraction of sp³-hybridized carbons (Fsp3) is 0.125. The lowest BCUT2D eigenvalue weighted by atomic mass is 9.79. The summed E-state index contributed by atoms with van der Waals surface area (Å²) in [6, 6.07) is 17.4. The first-order valence-corrected chi connectivity index (χ1v) is 6.04. The zero-order valence-corrected chi connectivity index (χ0v) is 9.48. The van der Waals surface area contributed by atoms with Crippen LogP contribution in [-0.2, 0) is 6.42 Å². The Morgan fingerprint density at radius 1 is 0.765 bits per heavy atom. The maximum absolute atomic E-state index is 6.29. The predicted octanol–water partition coefficient (Wildman–Crippen LogP) is 3.55. The molecule has 2 aliphatic carbocycles. The van der Waals surface area contributed by atoms with Gasteiger partial charge in [-0.25, -0.2) is 0 Å². The molecule has 1 atom stereocenters. The molecule has 2 N–H and O–H groups in total. The van der Waals surface area contributed by atoms with Crippen molar-refractivity contribution in [1.29, 1.82) is 0 Å². The third kappa shape index (κ3) is 1.07. The van der Waals surface area contributed by atoms with E-state index < -0.39 is 0 Å². The molecule has 0 aromatic heterocycles. The lowest BCUT2D eigenvalue weighted by Crippen LogP contribution is -2.19. The summed E-state index contributed by atoms with van der Waals surface area (Å²) in [7, 11) is 0. The maximum atomic E-state index is 6.29. The van der Waals surface area contributed by atoms with E-state index in [-0.39, 0.29) is 6.04 Å². The van der Waals surface area contributed by atoms with E-state index in [4.69, 9.17) is 5.73 Å². The second kappa shape index (κ2) is 3.08. The quantitative estimate of drug-likeness (QED) is 0.575. The highest BCUT2D eigenvalue weighted by atomic mass is 14.6. The largest absolute Gasteiger partial charge is 0.324 e. The van der Waals surface area contributed by atoms with Crippen molar-refractivity contribution in [2.75, 3.05) is 0 Å². The van der Waals surface area contributed by atoms with E-state index in [9.17, 15) is 0 Å². The molecule has 1 unspecified atom stereocenters. The van der Waals surface area contributed by atoms with Gasteiger partial charge in [-0.05, 0) is 39.1 Å². The minimum absolute atomic E-state index is 0.162. The fourth-order valence-electron chi connectivity index (χ4n) is 3.19. The summed E-state index contributed by atoms with van der Waals surface area (Å²) in [6.45, 7) is 0. The Hall–Kier alpha value is -1.86. The molecule has 0 amide bonds. The van der Waals surface area contributed by atoms with Crippen LogP contribution in [0, 0.1) is 0 Å². The Morgan fingerprint density at radius 2 is 1.24 bits per heavy atom. The minimum Gasteiger partial charge on any atom is -0.324 e. The molecule has 0 aliphatic heterocycles. The molecule has 0 fully saturated rings. The molecule has 3 aromatic rings. The molecule has 1 nitrogen and oxygen atoms in total. The van der Waals surface area contributed by atoms with Gasteiger partial charge in [0.15, 0.2) is 0 Å². The molecular weight excluding hydrogens is 206 g/mol. The Balaban J connectivity index is 2.37. The van der Waals surface area contributed by atoms with Gasteiger partial charge in [-0.15, -0.1) is 0 Å². The zero-order chi connectivity index (χ0) is 11.4. The molecule has 82 valence electrons. The van der Waals surface area contributed by atoms with Gasteiger partial charge in [-0.1, -0.05) is 48.5 Å². The van der Waals surface area contributed by atoms with Crippen LogP contribution in [-0.4, -0.2) is 0 Å². The Kier molecular flexibility index (Phi) is 1.67. The van der Waals surface area contributed by atoms with Gasteiger partial charge in [0.05, 0.1) is 0 Å². The predicted molar refractivity (Wildman–Crippen MR) is 72.1 cm³/mol. The van der Waals surface area contributed by atoms with Crippen molar-refractivity contribution >= 4 is 21.5 Å². The van der Waals surface area contributed by atoms with E-state index in [0.29, 0.717) is 0 Å². The Bertz CT molecular complexity index is 686.